The lowest BCUT2D eigenvalue weighted by atomic mass is 10.0. The topological polar surface area (TPSA) is 44.5 Å². The van der Waals surface area contributed by atoms with Crippen molar-refractivity contribution in [1.29, 1.82) is 0 Å². The third-order valence-corrected chi connectivity index (χ3v) is 2.98. The van der Waals surface area contributed by atoms with Crippen molar-refractivity contribution in [3.8, 4) is 22.6 Å². The Morgan fingerprint density at radius 2 is 1.75 bits per heavy atom. The number of halogens is 5. The van der Waals surface area contributed by atoms with Gasteiger partial charge in [0.15, 0.2) is 11.5 Å². The summed E-state index contributed by atoms with van der Waals surface area (Å²) in [5, 5.41) is 0. The fourth-order valence-corrected chi connectivity index (χ4v) is 2.02. The summed E-state index contributed by atoms with van der Waals surface area (Å²) in [5.74, 6) is -1.17. The first-order valence-corrected chi connectivity index (χ1v) is 6.79. The van der Waals surface area contributed by atoms with Gasteiger partial charge in [-0.3, -0.25) is 0 Å². The zero-order chi connectivity index (χ0) is 17.0. The maximum atomic E-state index is 14.0. The molecule has 0 heterocycles. The fraction of sp³-hybridized carbons (Fsp3) is 0.250. The van der Waals surface area contributed by atoms with Crippen molar-refractivity contribution >= 4 is 12.4 Å². The highest BCUT2D eigenvalue weighted by Crippen LogP contribution is 2.36. The fourth-order valence-electron chi connectivity index (χ4n) is 2.02. The van der Waals surface area contributed by atoms with Crippen molar-refractivity contribution in [2.75, 3.05) is 13.2 Å². The number of rotatable bonds is 5. The van der Waals surface area contributed by atoms with E-state index in [-0.39, 0.29) is 42.4 Å². The molecular weight excluding hydrogens is 350 g/mol. The molecule has 0 fully saturated rings. The third-order valence-electron chi connectivity index (χ3n) is 2.98. The van der Waals surface area contributed by atoms with E-state index in [9.17, 15) is 17.6 Å². The minimum atomic E-state index is -4.88. The van der Waals surface area contributed by atoms with Gasteiger partial charge in [0.25, 0.3) is 0 Å². The van der Waals surface area contributed by atoms with Gasteiger partial charge in [0.05, 0.1) is 0 Å². The Bertz CT molecular complexity index is 692. The number of hydrogen-bond acceptors (Lipinski definition) is 3. The summed E-state index contributed by atoms with van der Waals surface area (Å²) in [5.41, 5.74) is 6.41. The van der Waals surface area contributed by atoms with E-state index in [1.807, 2.05) is 0 Å². The Balaban J connectivity index is 0.00000288. The lowest BCUT2D eigenvalue weighted by Crippen LogP contribution is -2.18. The average Bonchev–Trinajstić information content (AvgIpc) is 2.44. The summed E-state index contributed by atoms with van der Waals surface area (Å²) in [6, 6.07) is 8.32. The van der Waals surface area contributed by atoms with Crippen LogP contribution in [0.1, 0.15) is 5.56 Å². The van der Waals surface area contributed by atoms with Gasteiger partial charge in [0.2, 0.25) is 0 Å². The van der Waals surface area contributed by atoms with Gasteiger partial charge in [-0.2, -0.15) is 0 Å². The van der Waals surface area contributed by atoms with Crippen molar-refractivity contribution < 1.29 is 27.0 Å². The van der Waals surface area contributed by atoms with E-state index in [1.165, 1.54) is 24.3 Å². The molecule has 0 aliphatic heterocycles. The largest absolute Gasteiger partial charge is 0.573 e. The zero-order valence-electron chi connectivity index (χ0n) is 12.7. The molecule has 2 rings (SSSR count). The third kappa shape index (κ3) is 5.28. The second-order valence-electron chi connectivity index (χ2n) is 4.83. The molecule has 0 bridgehead atoms. The highest BCUT2D eigenvalue weighted by Gasteiger charge is 2.32. The maximum absolute atomic E-state index is 14.0. The molecule has 0 aromatic heterocycles. The molecule has 8 heteroatoms. The van der Waals surface area contributed by atoms with Gasteiger partial charge in [0, 0.05) is 12.1 Å². The van der Waals surface area contributed by atoms with Crippen molar-refractivity contribution in [2.24, 2.45) is 5.73 Å². The minimum Gasteiger partial charge on any atom is -0.488 e. The predicted octanol–water partition coefficient (Wildman–Crippen LogP) is 4.46. The molecule has 0 saturated heterocycles. The molecule has 0 amide bonds. The Morgan fingerprint density at radius 3 is 2.33 bits per heavy atom. The Hall–Kier alpha value is -1.99. The van der Waals surface area contributed by atoms with Crippen LogP contribution in [0.2, 0.25) is 0 Å². The summed E-state index contributed by atoms with van der Waals surface area (Å²) < 4.78 is 60.7. The molecule has 3 nitrogen and oxygen atoms in total. The van der Waals surface area contributed by atoms with Crippen LogP contribution in [-0.4, -0.2) is 19.5 Å². The van der Waals surface area contributed by atoms with Gasteiger partial charge in [-0.25, -0.2) is 4.39 Å². The van der Waals surface area contributed by atoms with Crippen molar-refractivity contribution in [3.63, 3.8) is 0 Å². The first-order chi connectivity index (χ1) is 10.8. The highest BCUT2D eigenvalue weighted by atomic mass is 35.5. The number of hydrogen-bond donors (Lipinski definition) is 1. The molecule has 0 aliphatic carbocycles. The van der Waals surface area contributed by atoms with E-state index in [1.54, 1.807) is 13.0 Å². The summed E-state index contributed by atoms with van der Waals surface area (Å²) in [6.45, 7) is 1.89. The number of benzene rings is 2. The van der Waals surface area contributed by atoms with Crippen LogP contribution in [0, 0.1) is 12.7 Å². The number of aryl methyl sites for hydroxylation is 1. The van der Waals surface area contributed by atoms with Crippen LogP contribution in [-0.2, 0) is 0 Å². The average molecular weight is 366 g/mol. The second kappa shape index (κ2) is 8.21. The van der Waals surface area contributed by atoms with Crippen LogP contribution in [0.3, 0.4) is 0 Å². The van der Waals surface area contributed by atoms with E-state index >= 15 is 0 Å². The molecule has 132 valence electrons. The molecule has 2 N–H and O–H groups in total. The van der Waals surface area contributed by atoms with Crippen LogP contribution in [0.4, 0.5) is 17.6 Å². The Kier molecular flexibility index (Phi) is 6.86. The number of ether oxygens (including phenoxy) is 2. The van der Waals surface area contributed by atoms with E-state index in [0.29, 0.717) is 5.56 Å². The first-order valence-electron chi connectivity index (χ1n) is 6.79. The van der Waals surface area contributed by atoms with Gasteiger partial charge < -0.3 is 15.2 Å². The van der Waals surface area contributed by atoms with Crippen molar-refractivity contribution in [2.45, 2.75) is 13.3 Å². The van der Waals surface area contributed by atoms with Gasteiger partial charge in [-0.05, 0) is 36.2 Å². The summed E-state index contributed by atoms with van der Waals surface area (Å²) in [7, 11) is 0. The Morgan fingerprint density at radius 1 is 1.04 bits per heavy atom. The van der Waals surface area contributed by atoms with Crippen LogP contribution in [0.15, 0.2) is 36.4 Å². The van der Waals surface area contributed by atoms with Gasteiger partial charge in [-0.1, -0.05) is 18.2 Å². The standard InChI is InChI=1S/C16H15F4NO2.ClH/c1-10-2-4-12(13(17)8-10)11-3-5-14(22-7-6-21)15(9-11)23-16(18,19)20;/h2-5,8-9H,6-7,21H2,1H3;1H. The monoisotopic (exact) mass is 365 g/mol. The molecule has 2 aromatic carbocycles. The zero-order valence-corrected chi connectivity index (χ0v) is 13.5. The first kappa shape index (κ1) is 20.1. The second-order valence-corrected chi connectivity index (χ2v) is 4.83. The molecule has 0 spiro atoms. The summed E-state index contributed by atoms with van der Waals surface area (Å²) in [4.78, 5) is 0. The lowest BCUT2D eigenvalue weighted by Gasteiger charge is -2.15. The smallest absolute Gasteiger partial charge is 0.488 e. The van der Waals surface area contributed by atoms with E-state index in [2.05, 4.69) is 4.74 Å². The molecule has 0 aliphatic rings. The maximum Gasteiger partial charge on any atom is 0.573 e. The molecule has 0 radical (unpaired) electrons. The Labute approximate surface area is 142 Å². The van der Waals surface area contributed by atoms with Crippen molar-refractivity contribution in [1.82, 2.24) is 0 Å². The normalized spacial score (nSPS) is 10.9. The quantitative estimate of drug-likeness (QED) is 0.796. The van der Waals surface area contributed by atoms with Crippen LogP contribution in [0.5, 0.6) is 11.5 Å². The molecule has 0 unspecified atom stereocenters. The highest BCUT2D eigenvalue weighted by molar-refractivity contribution is 5.85. The van der Waals surface area contributed by atoms with E-state index in [4.69, 9.17) is 10.5 Å². The lowest BCUT2D eigenvalue weighted by molar-refractivity contribution is -0.275. The van der Waals surface area contributed by atoms with Crippen LogP contribution >= 0.6 is 12.4 Å². The molecule has 0 atom stereocenters. The van der Waals surface area contributed by atoms with Gasteiger partial charge >= 0.3 is 6.36 Å². The van der Waals surface area contributed by atoms with Crippen LogP contribution in [0.25, 0.3) is 11.1 Å². The summed E-state index contributed by atoms with van der Waals surface area (Å²) >= 11 is 0. The minimum absolute atomic E-state index is 0. The molecule has 24 heavy (non-hydrogen) atoms. The van der Waals surface area contributed by atoms with E-state index < -0.39 is 17.9 Å². The number of nitrogens with two attached hydrogens (primary N) is 1. The SMILES string of the molecule is Cc1ccc(-c2ccc(OCCN)c(OC(F)(F)F)c2)c(F)c1.Cl. The van der Waals surface area contributed by atoms with Crippen molar-refractivity contribution in [3.05, 3.63) is 47.8 Å². The van der Waals surface area contributed by atoms with Crippen LogP contribution < -0.4 is 15.2 Å². The molecular formula is C16H16ClF4NO2. The summed E-state index contributed by atoms with van der Waals surface area (Å²) in [6.07, 6.45) is -4.88. The molecule has 2 aromatic rings. The number of alkyl halides is 3. The van der Waals surface area contributed by atoms with E-state index in [0.717, 1.165) is 6.07 Å². The molecule has 0 saturated carbocycles. The van der Waals surface area contributed by atoms with Gasteiger partial charge in [-0.15, -0.1) is 25.6 Å². The van der Waals surface area contributed by atoms with Gasteiger partial charge in [0.1, 0.15) is 12.4 Å². The predicted molar refractivity (Wildman–Crippen MR) is 85.1 cm³/mol.